The van der Waals surface area contributed by atoms with Crippen molar-refractivity contribution >= 4 is 28.3 Å². The SMILES string of the molecule is Cn1ncc2c(-c3ccc(NC(=O)Nc4cc(C(F)(F)F)ccc4F)c(F)c3)cnc(CN3CCOCC3)c21. The van der Waals surface area contributed by atoms with Crippen molar-refractivity contribution in [1.82, 2.24) is 19.7 Å². The number of hydrogen-bond acceptors (Lipinski definition) is 5. The van der Waals surface area contributed by atoms with Gasteiger partial charge in [0.2, 0.25) is 0 Å². The average Bonchev–Trinajstić information content (AvgIpc) is 3.29. The Morgan fingerprint density at radius 2 is 1.74 bits per heavy atom. The zero-order chi connectivity index (χ0) is 27.7. The zero-order valence-electron chi connectivity index (χ0n) is 20.6. The lowest BCUT2D eigenvalue weighted by Crippen LogP contribution is -2.36. The third-order valence-corrected chi connectivity index (χ3v) is 6.40. The summed E-state index contributed by atoms with van der Waals surface area (Å²) in [5.41, 5.74) is 0.665. The number of urea groups is 1. The van der Waals surface area contributed by atoms with E-state index in [0.29, 0.717) is 49.1 Å². The van der Waals surface area contributed by atoms with Gasteiger partial charge in [-0.05, 0) is 35.9 Å². The molecule has 1 fully saturated rings. The molecule has 4 aromatic rings. The molecular weight excluding hydrogens is 523 g/mol. The Kier molecular flexibility index (Phi) is 7.19. The van der Waals surface area contributed by atoms with E-state index < -0.39 is 35.1 Å². The first kappa shape index (κ1) is 26.5. The van der Waals surface area contributed by atoms with Crippen LogP contribution in [0.25, 0.3) is 22.0 Å². The molecule has 3 heterocycles. The van der Waals surface area contributed by atoms with Gasteiger partial charge in [-0.25, -0.2) is 13.6 Å². The van der Waals surface area contributed by atoms with E-state index in [0.717, 1.165) is 29.7 Å². The maximum absolute atomic E-state index is 15.0. The predicted octanol–water partition coefficient (Wildman–Crippen LogP) is 5.41. The molecule has 0 atom stereocenters. The van der Waals surface area contributed by atoms with Gasteiger partial charge < -0.3 is 15.4 Å². The third kappa shape index (κ3) is 5.68. The number of carbonyl (C=O) groups excluding carboxylic acids is 1. The number of amides is 2. The van der Waals surface area contributed by atoms with Gasteiger partial charge in [0.15, 0.2) is 0 Å². The highest BCUT2D eigenvalue weighted by Gasteiger charge is 2.31. The lowest BCUT2D eigenvalue weighted by Gasteiger charge is -2.26. The number of nitrogens with zero attached hydrogens (tertiary/aromatic N) is 4. The van der Waals surface area contributed by atoms with Gasteiger partial charge in [0.05, 0.1) is 47.6 Å². The van der Waals surface area contributed by atoms with Crippen LogP contribution in [-0.4, -0.2) is 52.0 Å². The number of anilines is 2. The van der Waals surface area contributed by atoms with Crippen molar-refractivity contribution < 1.29 is 31.5 Å². The summed E-state index contributed by atoms with van der Waals surface area (Å²) in [5.74, 6) is -1.87. The second-order valence-electron chi connectivity index (χ2n) is 9.00. The van der Waals surface area contributed by atoms with Gasteiger partial charge in [0, 0.05) is 43.8 Å². The Morgan fingerprint density at radius 1 is 1.00 bits per heavy atom. The van der Waals surface area contributed by atoms with Crippen molar-refractivity contribution in [2.24, 2.45) is 7.05 Å². The van der Waals surface area contributed by atoms with E-state index in [4.69, 9.17) is 4.74 Å². The number of pyridine rings is 1. The molecule has 5 rings (SSSR count). The molecule has 1 aliphatic rings. The maximum Gasteiger partial charge on any atom is 0.416 e. The van der Waals surface area contributed by atoms with Gasteiger partial charge in [-0.15, -0.1) is 0 Å². The number of morpholine rings is 1. The molecule has 0 bridgehead atoms. The number of rotatable bonds is 5. The monoisotopic (exact) mass is 546 g/mol. The van der Waals surface area contributed by atoms with Crippen LogP contribution < -0.4 is 10.6 Å². The normalized spacial score (nSPS) is 14.5. The van der Waals surface area contributed by atoms with Gasteiger partial charge >= 0.3 is 12.2 Å². The Hall–Kier alpha value is -4.10. The molecular formula is C26H23F5N6O2. The molecule has 0 radical (unpaired) electrons. The first-order chi connectivity index (χ1) is 18.6. The Balaban J connectivity index is 1.36. The van der Waals surface area contributed by atoms with Crippen molar-refractivity contribution in [1.29, 1.82) is 0 Å². The molecule has 2 aromatic heterocycles. The number of hydrogen-bond donors (Lipinski definition) is 2. The van der Waals surface area contributed by atoms with Crippen LogP contribution in [0.5, 0.6) is 0 Å². The quantitative estimate of drug-likeness (QED) is 0.327. The molecule has 1 saturated heterocycles. The van der Waals surface area contributed by atoms with Gasteiger partial charge in [-0.2, -0.15) is 18.3 Å². The van der Waals surface area contributed by atoms with E-state index in [-0.39, 0.29) is 5.69 Å². The highest BCUT2D eigenvalue weighted by molar-refractivity contribution is 6.00. The number of fused-ring (bicyclic) bond motifs is 1. The zero-order valence-corrected chi connectivity index (χ0v) is 20.6. The molecule has 0 aliphatic carbocycles. The number of aryl methyl sites for hydroxylation is 1. The number of carbonyl (C=O) groups is 1. The fourth-order valence-corrected chi connectivity index (χ4v) is 4.42. The number of aromatic nitrogens is 3. The van der Waals surface area contributed by atoms with Crippen molar-refractivity contribution in [2.45, 2.75) is 12.7 Å². The molecule has 8 nitrogen and oxygen atoms in total. The molecule has 0 unspecified atom stereocenters. The van der Waals surface area contributed by atoms with Crippen LogP contribution in [0.1, 0.15) is 11.3 Å². The topological polar surface area (TPSA) is 84.3 Å². The van der Waals surface area contributed by atoms with E-state index in [2.05, 4.69) is 20.3 Å². The van der Waals surface area contributed by atoms with Crippen LogP contribution in [-0.2, 0) is 24.5 Å². The Labute approximate surface area is 219 Å². The molecule has 0 saturated carbocycles. The largest absolute Gasteiger partial charge is 0.416 e. The van der Waals surface area contributed by atoms with Crippen molar-refractivity contribution in [3.8, 4) is 11.1 Å². The van der Waals surface area contributed by atoms with Crippen LogP contribution in [0.2, 0.25) is 0 Å². The van der Waals surface area contributed by atoms with E-state index in [9.17, 15) is 22.4 Å². The Morgan fingerprint density at radius 3 is 2.46 bits per heavy atom. The summed E-state index contributed by atoms with van der Waals surface area (Å²) in [6.45, 7) is 3.49. The standard InChI is InChI=1S/C26H23F5N6O2/c1-36-24-18(13-33-36)17(12-32-23(24)14-37-6-8-39-9-7-37)15-2-5-21(20(28)10-15)34-25(38)35-22-11-16(26(29,30)31)3-4-19(22)27/h2-5,10-13H,6-9,14H2,1H3,(H2,34,35,38). The van der Waals surface area contributed by atoms with Gasteiger partial charge in [-0.1, -0.05) is 6.07 Å². The summed E-state index contributed by atoms with van der Waals surface area (Å²) in [6, 6.07) is 4.57. The molecule has 204 valence electrons. The van der Waals surface area contributed by atoms with Gasteiger partial charge in [0.1, 0.15) is 11.6 Å². The van der Waals surface area contributed by atoms with Crippen LogP contribution in [0.15, 0.2) is 48.8 Å². The second kappa shape index (κ2) is 10.6. The number of halogens is 5. The molecule has 39 heavy (non-hydrogen) atoms. The highest BCUT2D eigenvalue weighted by atomic mass is 19.4. The summed E-state index contributed by atoms with van der Waals surface area (Å²) < 4.78 is 74.9. The number of nitrogens with one attached hydrogen (secondary N) is 2. The molecule has 2 aromatic carbocycles. The minimum atomic E-state index is -4.72. The van der Waals surface area contributed by atoms with Crippen LogP contribution in [0, 0.1) is 11.6 Å². The smallest absolute Gasteiger partial charge is 0.379 e. The molecule has 0 spiro atoms. The van der Waals surface area contributed by atoms with Crippen LogP contribution in [0.3, 0.4) is 0 Å². The van der Waals surface area contributed by atoms with Crippen LogP contribution >= 0.6 is 0 Å². The van der Waals surface area contributed by atoms with Crippen molar-refractivity contribution in [3.05, 3.63) is 71.7 Å². The lowest BCUT2D eigenvalue weighted by atomic mass is 10.0. The number of alkyl halides is 3. The number of benzene rings is 2. The summed E-state index contributed by atoms with van der Waals surface area (Å²) in [4.78, 5) is 19.2. The van der Waals surface area contributed by atoms with Crippen LogP contribution in [0.4, 0.5) is 38.1 Å². The van der Waals surface area contributed by atoms with E-state index in [1.54, 1.807) is 30.2 Å². The average molecular weight is 547 g/mol. The fourth-order valence-electron chi connectivity index (χ4n) is 4.42. The summed E-state index contributed by atoms with van der Waals surface area (Å²) >= 11 is 0. The second-order valence-corrected chi connectivity index (χ2v) is 9.00. The maximum atomic E-state index is 15.0. The fraction of sp³-hybridized carbons (Fsp3) is 0.269. The highest BCUT2D eigenvalue weighted by Crippen LogP contribution is 2.33. The molecule has 13 heteroatoms. The summed E-state index contributed by atoms with van der Waals surface area (Å²) in [7, 11) is 1.80. The van der Waals surface area contributed by atoms with Crippen molar-refractivity contribution in [2.75, 3.05) is 36.9 Å². The molecule has 2 amide bonds. The first-order valence-corrected chi connectivity index (χ1v) is 11.9. The van der Waals surface area contributed by atoms with E-state index in [1.807, 2.05) is 5.32 Å². The number of ether oxygens (including phenoxy) is 1. The minimum absolute atomic E-state index is 0.247. The minimum Gasteiger partial charge on any atom is -0.379 e. The Bertz CT molecular complexity index is 1530. The van der Waals surface area contributed by atoms with Gasteiger partial charge in [-0.3, -0.25) is 14.6 Å². The van der Waals surface area contributed by atoms with E-state index in [1.165, 1.54) is 12.1 Å². The summed E-state index contributed by atoms with van der Waals surface area (Å²) in [6.07, 6.45) is -1.40. The first-order valence-electron chi connectivity index (χ1n) is 11.9. The van der Waals surface area contributed by atoms with Gasteiger partial charge in [0.25, 0.3) is 0 Å². The lowest BCUT2D eigenvalue weighted by molar-refractivity contribution is -0.137. The predicted molar refractivity (Wildman–Crippen MR) is 134 cm³/mol. The van der Waals surface area contributed by atoms with Crippen molar-refractivity contribution in [3.63, 3.8) is 0 Å². The van der Waals surface area contributed by atoms with E-state index >= 15 is 4.39 Å². The molecule has 2 N–H and O–H groups in total. The summed E-state index contributed by atoms with van der Waals surface area (Å²) in [5, 5.41) is 9.31. The molecule has 1 aliphatic heterocycles. The third-order valence-electron chi connectivity index (χ3n) is 6.40.